The highest BCUT2D eigenvalue weighted by atomic mass is 32.1. The van der Waals surface area contributed by atoms with Gasteiger partial charge in [-0.3, -0.25) is 0 Å². The predicted octanol–water partition coefficient (Wildman–Crippen LogP) is 4.14. The van der Waals surface area contributed by atoms with Gasteiger partial charge in [0, 0.05) is 16.1 Å². The first-order chi connectivity index (χ1) is 10.7. The van der Waals surface area contributed by atoms with Crippen LogP contribution < -0.4 is 0 Å². The Balaban J connectivity index is 1.80. The first-order valence-corrected chi connectivity index (χ1v) is 8.98. The summed E-state index contributed by atoms with van der Waals surface area (Å²) in [4.78, 5) is 3.37. The van der Waals surface area contributed by atoms with E-state index in [1.807, 2.05) is 0 Å². The van der Waals surface area contributed by atoms with Gasteiger partial charge < -0.3 is 10.0 Å². The van der Waals surface area contributed by atoms with Crippen molar-refractivity contribution in [3.05, 3.63) is 40.3 Å². The average molecular weight is 313 g/mol. The van der Waals surface area contributed by atoms with Crippen molar-refractivity contribution in [3.63, 3.8) is 0 Å². The summed E-state index contributed by atoms with van der Waals surface area (Å²) in [6.45, 7) is 1.24. The maximum Gasteiger partial charge on any atom is 0.0774 e. The lowest BCUT2D eigenvalue weighted by Gasteiger charge is -2.23. The van der Waals surface area contributed by atoms with Crippen LogP contribution in [0.5, 0.6) is 0 Å². The van der Waals surface area contributed by atoms with E-state index in [1.54, 1.807) is 22.5 Å². The number of likely N-dealkylation sites (N-methyl/N-ethyl adjacent to an activating group) is 1. The molecule has 22 heavy (non-hydrogen) atoms. The van der Waals surface area contributed by atoms with Gasteiger partial charge >= 0.3 is 0 Å². The first-order valence-electron chi connectivity index (χ1n) is 8.17. The molecule has 2 aromatic rings. The third-order valence-corrected chi connectivity index (χ3v) is 6.29. The molecule has 1 saturated carbocycles. The van der Waals surface area contributed by atoms with Gasteiger partial charge in [-0.05, 0) is 79.4 Å². The Labute approximate surface area is 136 Å². The highest BCUT2D eigenvalue weighted by molar-refractivity contribution is 7.19. The molecule has 1 aromatic heterocycles. The van der Waals surface area contributed by atoms with Crippen LogP contribution in [0.15, 0.2) is 29.8 Å². The summed E-state index contributed by atoms with van der Waals surface area (Å²) in [5, 5.41) is 10.6. The SMILES string of the molecule is CN(C)CC1=C(c2ccc3cc(CO)sc3c2)C2CCC1C2. The standard InChI is InChI=1S/C19H23NOS/c1-20(2)10-17-12-3-5-14(7-12)19(17)15-6-4-13-8-16(11-21)22-18(13)9-15/h4,6,8-9,12,14,21H,3,5,7,10-11H2,1-2H3. The van der Waals surface area contributed by atoms with Crippen LogP contribution in [-0.2, 0) is 6.61 Å². The Hall–Kier alpha value is -1.16. The fraction of sp³-hybridized carbons (Fsp3) is 0.474. The highest BCUT2D eigenvalue weighted by Crippen LogP contribution is 2.52. The van der Waals surface area contributed by atoms with Gasteiger partial charge in [0.05, 0.1) is 6.61 Å². The Bertz CT molecular complexity index is 743. The number of nitrogens with zero attached hydrogens (tertiary/aromatic N) is 1. The van der Waals surface area contributed by atoms with E-state index in [1.165, 1.54) is 34.9 Å². The second-order valence-electron chi connectivity index (χ2n) is 7.01. The van der Waals surface area contributed by atoms with Crippen LogP contribution in [0.1, 0.15) is 29.7 Å². The van der Waals surface area contributed by atoms with Crippen LogP contribution in [0.3, 0.4) is 0 Å². The van der Waals surface area contributed by atoms with Crippen molar-refractivity contribution in [2.75, 3.05) is 20.6 Å². The topological polar surface area (TPSA) is 23.5 Å². The summed E-state index contributed by atoms with van der Waals surface area (Å²) in [6, 6.07) is 8.99. The highest BCUT2D eigenvalue weighted by Gasteiger charge is 2.39. The number of allylic oxidation sites excluding steroid dienone is 1. The summed E-state index contributed by atoms with van der Waals surface area (Å²) in [5.41, 5.74) is 4.73. The normalized spacial score (nSPS) is 24.2. The molecule has 116 valence electrons. The lowest BCUT2D eigenvalue weighted by atomic mass is 9.87. The molecule has 0 radical (unpaired) electrons. The number of hydrogen-bond donors (Lipinski definition) is 1. The zero-order valence-electron chi connectivity index (χ0n) is 13.3. The Kier molecular flexibility index (Phi) is 3.60. The number of hydrogen-bond acceptors (Lipinski definition) is 3. The van der Waals surface area contributed by atoms with Crippen LogP contribution >= 0.6 is 11.3 Å². The van der Waals surface area contributed by atoms with Gasteiger partial charge in [0.15, 0.2) is 0 Å². The van der Waals surface area contributed by atoms with Gasteiger partial charge in [0.25, 0.3) is 0 Å². The van der Waals surface area contributed by atoms with Crippen molar-refractivity contribution < 1.29 is 5.11 Å². The molecule has 1 N–H and O–H groups in total. The average Bonchev–Trinajstić information content (AvgIpc) is 3.19. The van der Waals surface area contributed by atoms with Gasteiger partial charge in [0.2, 0.25) is 0 Å². The smallest absolute Gasteiger partial charge is 0.0774 e. The fourth-order valence-electron chi connectivity index (χ4n) is 4.35. The van der Waals surface area contributed by atoms with Crippen molar-refractivity contribution in [2.45, 2.75) is 25.9 Å². The Morgan fingerprint density at radius 3 is 2.77 bits per heavy atom. The number of benzene rings is 1. The molecule has 2 nitrogen and oxygen atoms in total. The van der Waals surface area contributed by atoms with Crippen molar-refractivity contribution in [2.24, 2.45) is 11.8 Å². The van der Waals surface area contributed by atoms with Crippen LogP contribution in [0.2, 0.25) is 0 Å². The second kappa shape index (κ2) is 5.48. The van der Waals surface area contributed by atoms with E-state index >= 15 is 0 Å². The molecule has 0 amide bonds. The molecule has 1 fully saturated rings. The van der Waals surface area contributed by atoms with E-state index in [9.17, 15) is 5.11 Å². The Morgan fingerprint density at radius 1 is 1.18 bits per heavy atom. The molecule has 2 atom stereocenters. The van der Waals surface area contributed by atoms with E-state index in [2.05, 4.69) is 43.3 Å². The maximum absolute atomic E-state index is 9.34. The lowest BCUT2D eigenvalue weighted by molar-refractivity contribution is 0.285. The molecule has 4 rings (SSSR count). The van der Waals surface area contributed by atoms with Crippen molar-refractivity contribution in [3.8, 4) is 0 Å². The van der Waals surface area contributed by atoms with E-state index in [0.717, 1.165) is 23.3 Å². The molecule has 3 heteroatoms. The molecule has 0 saturated heterocycles. The van der Waals surface area contributed by atoms with Crippen molar-refractivity contribution in [1.29, 1.82) is 0 Å². The monoisotopic (exact) mass is 313 g/mol. The zero-order valence-corrected chi connectivity index (χ0v) is 14.1. The van der Waals surface area contributed by atoms with Crippen molar-refractivity contribution in [1.82, 2.24) is 4.90 Å². The molecule has 2 aliphatic carbocycles. The quantitative estimate of drug-likeness (QED) is 0.917. The van der Waals surface area contributed by atoms with Gasteiger partial charge in [-0.25, -0.2) is 0 Å². The number of thiophene rings is 1. The van der Waals surface area contributed by atoms with Crippen LogP contribution in [-0.4, -0.2) is 30.6 Å². The molecule has 1 aromatic carbocycles. The minimum absolute atomic E-state index is 0.147. The first kappa shape index (κ1) is 14.4. The lowest BCUT2D eigenvalue weighted by Crippen LogP contribution is -2.19. The third-order valence-electron chi connectivity index (χ3n) is 5.20. The number of rotatable bonds is 4. The second-order valence-corrected chi connectivity index (χ2v) is 8.18. The number of aliphatic hydroxyl groups is 1. The summed E-state index contributed by atoms with van der Waals surface area (Å²) in [5.74, 6) is 1.59. The van der Waals surface area contributed by atoms with Crippen molar-refractivity contribution >= 4 is 27.0 Å². The van der Waals surface area contributed by atoms with Crippen LogP contribution in [0.25, 0.3) is 15.7 Å². The molecule has 1 heterocycles. The van der Waals surface area contributed by atoms with Crippen LogP contribution in [0, 0.1) is 11.8 Å². The third kappa shape index (κ3) is 2.32. The molecular formula is C19H23NOS. The Morgan fingerprint density at radius 2 is 2.00 bits per heavy atom. The minimum Gasteiger partial charge on any atom is -0.391 e. The summed E-state index contributed by atoms with van der Waals surface area (Å²) < 4.78 is 1.31. The minimum atomic E-state index is 0.147. The van der Waals surface area contributed by atoms with Gasteiger partial charge in [-0.1, -0.05) is 12.1 Å². The molecule has 0 spiro atoms. The molecule has 2 bridgehead atoms. The molecule has 2 aliphatic rings. The predicted molar refractivity (Wildman–Crippen MR) is 94.1 cm³/mol. The van der Waals surface area contributed by atoms with Gasteiger partial charge in [-0.15, -0.1) is 11.3 Å². The number of aliphatic hydroxyl groups excluding tert-OH is 1. The van der Waals surface area contributed by atoms with E-state index < -0.39 is 0 Å². The summed E-state index contributed by atoms with van der Waals surface area (Å²) in [6.07, 6.45) is 4.11. The molecule has 2 unspecified atom stereocenters. The van der Waals surface area contributed by atoms with E-state index in [0.29, 0.717) is 0 Å². The summed E-state index contributed by atoms with van der Waals surface area (Å²) >= 11 is 1.72. The van der Waals surface area contributed by atoms with Crippen LogP contribution in [0.4, 0.5) is 0 Å². The number of fused-ring (bicyclic) bond motifs is 3. The van der Waals surface area contributed by atoms with Gasteiger partial charge in [0.1, 0.15) is 0 Å². The molecule has 0 aliphatic heterocycles. The fourth-order valence-corrected chi connectivity index (χ4v) is 5.31. The van der Waals surface area contributed by atoms with Gasteiger partial charge in [-0.2, -0.15) is 0 Å². The molecular weight excluding hydrogens is 290 g/mol. The zero-order chi connectivity index (χ0) is 15.3. The largest absolute Gasteiger partial charge is 0.391 e. The van der Waals surface area contributed by atoms with E-state index in [-0.39, 0.29) is 6.61 Å². The maximum atomic E-state index is 9.34. The van der Waals surface area contributed by atoms with E-state index in [4.69, 9.17) is 0 Å². The summed E-state index contributed by atoms with van der Waals surface area (Å²) in [7, 11) is 4.35.